The Hall–Kier alpha value is -2.37. The van der Waals surface area contributed by atoms with Crippen molar-refractivity contribution in [2.75, 3.05) is 18.0 Å². The van der Waals surface area contributed by atoms with Crippen molar-refractivity contribution >= 4 is 22.8 Å². The second-order valence-electron chi connectivity index (χ2n) is 6.86. The van der Waals surface area contributed by atoms with Gasteiger partial charge in [-0.05, 0) is 37.8 Å². The summed E-state index contributed by atoms with van der Waals surface area (Å²) >= 11 is 0. The Morgan fingerprint density at radius 2 is 2.04 bits per heavy atom. The molecule has 24 heavy (non-hydrogen) atoms. The molecule has 126 valence electrons. The first-order chi connectivity index (χ1) is 11.6. The Kier molecular flexibility index (Phi) is 3.75. The molecule has 2 aliphatic rings. The van der Waals surface area contributed by atoms with Crippen LogP contribution >= 0.6 is 0 Å². The summed E-state index contributed by atoms with van der Waals surface area (Å²) in [5.74, 6) is 0.525. The number of aryl methyl sites for hydroxylation is 1. The average molecular weight is 326 g/mol. The van der Waals surface area contributed by atoms with Crippen molar-refractivity contribution in [1.82, 2.24) is 14.9 Å². The van der Waals surface area contributed by atoms with E-state index in [2.05, 4.69) is 10.3 Å². The maximum Gasteiger partial charge on any atom is 0.293 e. The number of amides is 1. The molecule has 0 bridgehead atoms. The number of rotatable bonds is 3. The van der Waals surface area contributed by atoms with Crippen LogP contribution < -0.4 is 15.8 Å². The van der Waals surface area contributed by atoms with Gasteiger partial charge in [-0.2, -0.15) is 0 Å². The third-order valence-electron chi connectivity index (χ3n) is 4.98. The molecule has 1 aromatic carbocycles. The second kappa shape index (κ2) is 5.92. The number of para-hydroxylation sites is 2. The smallest absolute Gasteiger partial charge is 0.293 e. The van der Waals surface area contributed by atoms with E-state index in [-0.39, 0.29) is 17.4 Å². The number of nitrogens with one attached hydrogen (secondary N) is 1. The fraction of sp³-hybridized carbons (Fsp3) is 0.500. The van der Waals surface area contributed by atoms with Crippen molar-refractivity contribution in [3.8, 4) is 0 Å². The Morgan fingerprint density at radius 1 is 1.25 bits per heavy atom. The van der Waals surface area contributed by atoms with Crippen molar-refractivity contribution in [1.29, 1.82) is 0 Å². The van der Waals surface area contributed by atoms with Gasteiger partial charge in [0, 0.05) is 26.2 Å². The molecule has 1 saturated heterocycles. The molecule has 1 atom stereocenters. The zero-order valence-electron chi connectivity index (χ0n) is 13.9. The van der Waals surface area contributed by atoms with Crippen LogP contribution in [0, 0.1) is 5.92 Å². The van der Waals surface area contributed by atoms with Gasteiger partial charge in [0.25, 0.3) is 5.56 Å². The molecule has 2 aromatic rings. The van der Waals surface area contributed by atoms with Crippen molar-refractivity contribution in [2.24, 2.45) is 13.0 Å². The monoisotopic (exact) mass is 326 g/mol. The van der Waals surface area contributed by atoms with E-state index >= 15 is 0 Å². The van der Waals surface area contributed by atoms with Gasteiger partial charge in [0.15, 0.2) is 5.82 Å². The molecule has 2 fully saturated rings. The standard InChI is InChI=1S/C18H22N4O2/c1-21-15-7-3-2-6-14(15)20-16(18(21)24)22-10-4-5-12(11-22)17(23)19-13-8-9-13/h2-3,6-7,12-13H,4-5,8-11H2,1H3,(H,19,23). The molecule has 1 saturated carbocycles. The molecule has 0 spiro atoms. The summed E-state index contributed by atoms with van der Waals surface area (Å²) in [6, 6.07) is 8.02. The maximum atomic E-state index is 12.7. The summed E-state index contributed by atoms with van der Waals surface area (Å²) in [6.07, 6.45) is 3.97. The van der Waals surface area contributed by atoms with E-state index in [1.54, 1.807) is 11.6 Å². The molecule has 6 heteroatoms. The molecule has 1 aromatic heterocycles. The molecule has 1 amide bonds. The van der Waals surface area contributed by atoms with Crippen LogP contribution in [0.15, 0.2) is 29.1 Å². The van der Waals surface area contributed by atoms with Crippen LogP contribution in [0.5, 0.6) is 0 Å². The normalized spacial score (nSPS) is 21.0. The lowest BCUT2D eigenvalue weighted by atomic mass is 9.97. The number of fused-ring (bicyclic) bond motifs is 1. The predicted molar refractivity (Wildman–Crippen MR) is 93.1 cm³/mol. The third kappa shape index (κ3) is 2.77. The highest BCUT2D eigenvalue weighted by Crippen LogP contribution is 2.24. The van der Waals surface area contributed by atoms with Crippen molar-refractivity contribution < 1.29 is 4.79 Å². The first-order valence-corrected chi connectivity index (χ1v) is 8.64. The fourth-order valence-electron chi connectivity index (χ4n) is 3.40. The van der Waals surface area contributed by atoms with Gasteiger partial charge < -0.3 is 14.8 Å². The molecule has 2 heterocycles. The van der Waals surface area contributed by atoms with E-state index in [0.29, 0.717) is 18.4 Å². The van der Waals surface area contributed by atoms with Gasteiger partial charge in [-0.3, -0.25) is 9.59 Å². The molecule has 1 aliphatic heterocycles. The van der Waals surface area contributed by atoms with Crippen molar-refractivity contribution in [2.45, 2.75) is 31.7 Å². The SMILES string of the molecule is Cn1c(=O)c(N2CCCC(C(=O)NC3CC3)C2)nc2ccccc21. The molecule has 1 unspecified atom stereocenters. The van der Waals surface area contributed by atoms with Gasteiger partial charge in [0.2, 0.25) is 5.91 Å². The van der Waals surface area contributed by atoms with Crippen LogP contribution in [0.1, 0.15) is 25.7 Å². The number of benzene rings is 1. The van der Waals surface area contributed by atoms with Crippen LogP contribution in [0.4, 0.5) is 5.82 Å². The zero-order valence-corrected chi connectivity index (χ0v) is 13.9. The Bertz CT molecular complexity index is 841. The Labute approximate surface area is 140 Å². The Morgan fingerprint density at radius 3 is 2.83 bits per heavy atom. The molecular weight excluding hydrogens is 304 g/mol. The summed E-state index contributed by atoms with van der Waals surface area (Å²) in [5, 5.41) is 3.08. The maximum absolute atomic E-state index is 12.7. The van der Waals surface area contributed by atoms with Gasteiger partial charge >= 0.3 is 0 Å². The lowest BCUT2D eigenvalue weighted by molar-refractivity contribution is -0.125. The fourth-order valence-corrected chi connectivity index (χ4v) is 3.40. The highest BCUT2D eigenvalue weighted by Gasteiger charge is 2.31. The number of carbonyl (C=O) groups excluding carboxylic acids is 1. The number of aromatic nitrogens is 2. The Balaban J connectivity index is 1.62. The van der Waals surface area contributed by atoms with E-state index in [1.807, 2.05) is 29.2 Å². The van der Waals surface area contributed by atoms with E-state index < -0.39 is 0 Å². The van der Waals surface area contributed by atoms with Gasteiger partial charge in [-0.25, -0.2) is 4.98 Å². The first-order valence-electron chi connectivity index (χ1n) is 8.64. The third-order valence-corrected chi connectivity index (χ3v) is 4.98. The van der Waals surface area contributed by atoms with Crippen molar-refractivity contribution in [3.05, 3.63) is 34.6 Å². The van der Waals surface area contributed by atoms with Crippen molar-refractivity contribution in [3.63, 3.8) is 0 Å². The summed E-state index contributed by atoms with van der Waals surface area (Å²) < 4.78 is 1.64. The second-order valence-corrected chi connectivity index (χ2v) is 6.86. The number of carbonyl (C=O) groups is 1. The summed E-state index contributed by atoms with van der Waals surface area (Å²) in [4.78, 5) is 31.6. The average Bonchev–Trinajstić information content (AvgIpc) is 3.42. The van der Waals surface area contributed by atoms with E-state index in [4.69, 9.17) is 0 Å². The number of hydrogen-bond donors (Lipinski definition) is 1. The van der Waals surface area contributed by atoms with Crippen LogP contribution in [0.2, 0.25) is 0 Å². The minimum atomic E-state index is -0.100. The largest absolute Gasteiger partial charge is 0.353 e. The molecule has 4 rings (SSSR count). The zero-order chi connectivity index (χ0) is 16.7. The predicted octanol–water partition coefficient (Wildman–Crippen LogP) is 1.43. The summed E-state index contributed by atoms with van der Waals surface area (Å²) in [7, 11) is 1.77. The van der Waals surface area contributed by atoms with Crippen LogP contribution in [-0.2, 0) is 11.8 Å². The van der Waals surface area contributed by atoms with Gasteiger partial charge in [0.1, 0.15) is 0 Å². The molecule has 0 radical (unpaired) electrons. The number of anilines is 1. The van der Waals surface area contributed by atoms with Crippen LogP contribution in [0.3, 0.4) is 0 Å². The topological polar surface area (TPSA) is 67.2 Å². The highest BCUT2D eigenvalue weighted by molar-refractivity contribution is 5.80. The molecular formula is C18H22N4O2. The lowest BCUT2D eigenvalue weighted by Crippen LogP contribution is -2.46. The summed E-state index contributed by atoms with van der Waals surface area (Å²) in [6.45, 7) is 1.34. The van der Waals surface area contributed by atoms with E-state index in [9.17, 15) is 9.59 Å². The number of nitrogens with zero attached hydrogens (tertiary/aromatic N) is 3. The minimum absolute atomic E-state index is 0.0580. The molecule has 6 nitrogen and oxygen atoms in total. The van der Waals surface area contributed by atoms with Crippen LogP contribution in [-0.4, -0.2) is 34.6 Å². The molecule has 1 N–H and O–H groups in total. The highest BCUT2D eigenvalue weighted by atomic mass is 16.2. The quantitative estimate of drug-likeness (QED) is 0.926. The van der Waals surface area contributed by atoms with Crippen LogP contribution in [0.25, 0.3) is 11.0 Å². The summed E-state index contributed by atoms with van der Waals surface area (Å²) in [5.41, 5.74) is 1.53. The molecule has 1 aliphatic carbocycles. The lowest BCUT2D eigenvalue weighted by Gasteiger charge is -2.32. The van der Waals surface area contributed by atoms with E-state index in [0.717, 1.165) is 43.3 Å². The van der Waals surface area contributed by atoms with Gasteiger partial charge in [-0.15, -0.1) is 0 Å². The van der Waals surface area contributed by atoms with Gasteiger partial charge in [0.05, 0.1) is 17.0 Å². The van der Waals surface area contributed by atoms with E-state index in [1.165, 1.54) is 0 Å². The van der Waals surface area contributed by atoms with Gasteiger partial charge in [-0.1, -0.05) is 12.1 Å². The number of hydrogen-bond acceptors (Lipinski definition) is 4. The minimum Gasteiger partial charge on any atom is -0.353 e. The number of piperidine rings is 1. The first kappa shape index (κ1) is 15.2.